The number of thioether (sulfide) groups is 1. The smallest absolute Gasteiger partial charge is 0.416 e. The number of para-hydroxylation sites is 1. The number of esters is 1. The maximum absolute atomic E-state index is 13.1. The van der Waals surface area contributed by atoms with E-state index in [0.29, 0.717) is 5.69 Å². The number of anilines is 2. The first-order valence-electron chi connectivity index (χ1n) is 9.42. The van der Waals surface area contributed by atoms with Gasteiger partial charge in [0, 0.05) is 23.4 Å². The highest BCUT2D eigenvalue weighted by atomic mass is 32.2. The molecule has 0 aliphatic carbocycles. The lowest BCUT2D eigenvalue weighted by atomic mass is 10.2. The lowest BCUT2D eigenvalue weighted by Crippen LogP contribution is -2.49. The molecule has 1 N–H and O–H groups in total. The van der Waals surface area contributed by atoms with Crippen LogP contribution in [0.3, 0.4) is 0 Å². The number of nitrogens with zero attached hydrogens (tertiary/aromatic N) is 1. The number of hydrogen-bond donors (Lipinski definition) is 1. The van der Waals surface area contributed by atoms with Gasteiger partial charge in [-0.3, -0.25) is 14.5 Å². The first kappa shape index (κ1) is 21.2. The minimum Gasteiger partial charge on any atom is -0.450 e. The fourth-order valence-corrected chi connectivity index (χ4v) is 5.00. The van der Waals surface area contributed by atoms with Crippen molar-refractivity contribution in [2.75, 3.05) is 10.2 Å². The van der Waals surface area contributed by atoms with E-state index in [1.54, 1.807) is 24.3 Å². The summed E-state index contributed by atoms with van der Waals surface area (Å²) in [5.41, 5.74) is -0.358. The standard InChI is InChI=1S/C21H17F3N2O4S/c1-12(18(28)25-14-6-4-5-13(11-14)21(22,23)24)30-19(29)20-10-9-17(27)26(20)15-7-2-3-8-16(15)31-20/h2-8,11-12H,9-10H2,1H3,(H,25,28). The van der Waals surface area contributed by atoms with Crippen LogP contribution in [0.4, 0.5) is 24.5 Å². The number of rotatable bonds is 4. The summed E-state index contributed by atoms with van der Waals surface area (Å²) in [7, 11) is 0. The first-order chi connectivity index (χ1) is 14.6. The molecule has 2 aliphatic heterocycles. The van der Waals surface area contributed by atoms with Crippen molar-refractivity contribution in [2.45, 2.75) is 41.8 Å². The highest BCUT2D eigenvalue weighted by molar-refractivity contribution is 8.02. The second-order valence-electron chi connectivity index (χ2n) is 7.20. The summed E-state index contributed by atoms with van der Waals surface area (Å²) in [6, 6.07) is 11.3. The van der Waals surface area contributed by atoms with Crippen LogP contribution in [0.15, 0.2) is 53.4 Å². The zero-order valence-corrected chi connectivity index (χ0v) is 17.0. The molecule has 2 unspecified atom stereocenters. The summed E-state index contributed by atoms with van der Waals surface area (Å²) in [5, 5.41) is 2.33. The molecule has 1 saturated heterocycles. The van der Waals surface area contributed by atoms with Crippen molar-refractivity contribution in [3.63, 3.8) is 0 Å². The average Bonchev–Trinajstić information content (AvgIpc) is 3.23. The highest BCUT2D eigenvalue weighted by Gasteiger charge is 2.59. The minimum absolute atomic E-state index is 0.0683. The Balaban J connectivity index is 1.48. The van der Waals surface area contributed by atoms with E-state index in [4.69, 9.17) is 4.74 Å². The second kappa shape index (κ2) is 7.60. The molecule has 0 saturated carbocycles. The van der Waals surface area contributed by atoms with Crippen molar-refractivity contribution >= 4 is 40.9 Å². The summed E-state index contributed by atoms with van der Waals surface area (Å²) in [6.45, 7) is 1.32. The fourth-order valence-electron chi connectivity index (χ4n) is 3.60. The van der Waals surface area contributed by atoms with Gasteiger partial charge in [-0.1, -0.05) is 30.0 Å². The maximum atomic E-state index is 13.1. The van der Waals surface area contributed by atoms with Crippen molar-refractivity contribution in [3.8, 4) is 0 Å². The van der Waals surface area contributed by atoms with E-state index in [9.17, 15) is 27.6 Å². The summed E-state index contributed by atoms with van der Waals surface area (Å²) < 4.78 is 43.9. The molecule has 2 atom stereocenters. The molecule has 31 heavy (non-hydrogen) atoms. The van der Waals surface area contributed by atoms with E-state index in [0.717, 1.165) is 17.0 Å². The molecule has 6 nitrogen and oxygen atoms in total. The van der Waals surface area contributed by atoms with Crippen LogP contribution in [0.2, 0.25) is 0 Å². The number of benzene rings is 2. The normalized spacial score (nSPS) is 20.8. The number of hydrogen-bond acceptors (Lipinski definition) is 5. The molecule has 0 bridgehead atoms. The van der Waals surface area contributed by atoms with Gasteiger partial charge in [0.2, 0.25) is 5.91 Å². The van der Waals surface area contributed by atoms with Gasteiger partial charge in [0.25, 0.3) is 5.91 Å². The summed E-state index contributed by atoms with van der Waals surface area (Å²) in [6.07, 6.45) is -5.43. The lowest BCUT2D eigenvalue weighted by molar-refractivity contribution is -0.155. The van der Waals surface area contributed by atoms with Crippen LogP contribution < -0.4 is 10.2 Å². The fraction of sp³-hybridized carbons (Fsp3) is 0.286. The molecule has 2 aromatic carbocycles. The zero-order chi connectivity index (χ0) is 22.4. The van der Waals surface area contributed by atoms with Gasteiger partial charge < -0.3 is 10.1 Å². The van der Waals surface area contributed by atoms with Crippen molar-refractivity contribution in [3.05, 3.63) is 54.1 Å². The molecule has 0 spiro atoms. The van der Waals surface area contributed by atoms with Gasteiger partial charge in [0.05, 0.1) is 11.3 Å². The van der Waals surface area contributed by atoms with Gasteiger partial charge in [-0.2, -0.15) is 13.2 Å². The Morgan fingerprint density at radius 2 is 1.94 bits per heavy atom. The molecule has 2 heterocycles. The quantitative estimate of drug-likeness (QED) is 0.707. The second-order valence-corrected chi connectivity index (χ2v) is 8.52. The van der Waals surface area contributed by atoms with Crippen LogP contribution in [-0.2, 0) is 25.3 Å². The largest absolute Gasteiger partial charge is 0.450 e. The van der Waals surface area contributed by atoms with Crippen molar-refractivity contribution in [1.29, 1.82) is 0 Å². The number of nitrogens with one attached hydrogen (secondary N) is 1. The monoisotopic (exact) mass is 450 g/mol. The summed E-state index contributed by atoms with van der Waals surface area (Å²) in [5.74, 6) is -1.73. The van der Waals surface area contributed by atoms with Crippen LogP contribution in [0.5, 0.6) is 0 Å². The molecule has 162 valence electrons. The minimum atomic E-state index is -4.55. The van der Waals surface area contributed by atoms with E-state index in [1.807, 2.05) is 0 Å². The van der Waals surface area contributed by atoms with Crippen molar-refractivity contribution in [2.24, 2.45) is 0 Å². The van der Waals surface area contributed by atoms with Gasteiger partial charge in [0.1, 0.15) is 0 Å². The van der Waals surface area contributed by atoms with Gasteiger partial charge in [-0.05, 0) is 37.3 Å². The van der Waals surface area contributed by atoms with Gasteiger partial charge >= 0.3 is 12.1 Å². The molecule has 0 radical (unpaired) electrons. The number of carbonyl (C=O) groups excluding carboxylic acids is 3. The Labute approximate surface area is 179 Å². The molecule has 2 aromatic rings. The Hall–Kier alpha value is -3.01. The van der Waals surface area contributed by atoms with Crippen molar-refractivity contribution < 1.29 is 32.3 Å². The number of fused-ring (bicyclic) bond motifs is 3. The summed E-state index contributed by atoms with van der Waals surface area (Å²) in [4.78, 5) is 38.8. The molecule has 2 amide bonds. The molecule has 4 rings (SSSR count). The lowest BCUT2D eigenvalue weighted by Gasteiger charge is -2.29. The van der Waals surface area contributed by atoms with Crippen LogP contribution in [0.25, 0.3) is 0 Å². The molecular formula is C21H17F3N2O4S. The third kappa shape index (κ3) is 3.76. The Kier molecular flexibility index (Phi) is 5.20. The molecule has 10 heteroatoms. The Morgan fingerprint density at radius 3 is 2.68 bits per heavy atom. The third-order valence-electron chi connectivity index (χ3n) is 5.10. The Morgan fingerprint density at radius 1 is 1.19 bits per heavy atom. The van der Waals surface area contributed by atoms with Crippen LogP contribution >= 0.6 is 11.8 Å². The number of ether oxygens (including phenoxy) is 1. The van der Waals surface area contributed by atoms with Crippen LogP contribution in [0.1, 0.15) is 25.3 Å². The van der Waals surface area contributed by atoms with Crippen LogP contribution in [-0.4, -0.2) is 28.8 Å². The Bertz CT molecular complexity index is 1070. The predicted molar refractivity (Wildman–Crippen MR) is 107 cm³/mol. The topological polar surface area (TPSA) is 75.7 Å². The zero-order valence-electron chi connectivity index (χ0n) is 16.2. The van der Waals surface area contributed by atoms with Crippen LogP contribution in [0, 0.1) is 0 Å². The molecule has 2 aliphatic rings. The van der Waals surface area contributed by atoms with Gasteiger partial charge in [0.15, 0.2) is 11.0 Å². The molecular weight excluding hydrogens is 433 g/mol. The SMILES string of the molecule is CC(OC(=O)C12CCC(=O)N1c1ccccc1S2)C(=O)Nc1cccc(C(F)(F)F)c1. The predicted octanol–water partition coefficient (Wildman–Crippen LogP) is 4.20. The number of alkyl halides is 3. The van der Waals surface area contributed by atoms with E-state index in [-0.39, 0.29) is 24.4 Å². The van der Waals surface area contributed by atoms with E-state index in [1.165, 1.54) is 35.7 Å². The summed E-state index contributed by atoms with van der Waals surface area (Å²) >= 11 is 1.20. The highest BCUT2D eigenvalue weighted by Crippen LogP contribution is 2.56. The van der Waals surface area contributed by atoms with E-state index >= 15 is 0 Å². The van der Waals surface area contributed by atoms with Gasteiger partial charge in [-0.15, -0.1) is 0 Å². The van der Waals surface area contributed by atoms with E-state index < -0.39 is 34.6 Å². The number of halogens is 3. The maximum Gasteiger partial charge on any atom is 0.416 e. The van der Waals surface area contributed by atoms with E-state index in [2.05, 4.69) is 5.32 Å². The number of carbonyl (C=O) groups is 3. The van der Waals surface area contributed by atoms with Gasteiger partial charge in [-0.25, -0.2) is 4.79 Å². The van der Waals surface area contributed by atoms with Crippen molar-refractivity contribution in [1.82, 2.24) is 0 Å². The molecule has 0 aromatic heterocycles. The molecule has 1 fully saturated rings. The first-order valence-corrected chi connectivity index (χ1v) is 10.2. The average molecular weight is 450 g/mol. The third-order valence-corrected chi connectivity index (χ3v) is 6.56. The number of amides is 2.